The van der Waals surface area contributed by atoms with Crippen molar-refractivity contribution in [3.8, 4) is 5.75 Å². The van der Waals surface area contributed by atoms with E-state index in [1.54, 1.807) is 52.8 Å². The maximum Gasteiger partial charge on any atom is 0.413 e. The van der Waals surface area contributed by atoms with Gasteiger partial charge in [0, 0.05) is 63.6 Å². The fourth-order valence-corrected chi connectivity index (χ4v) is 13.1. The Morgan fingerprint density at radius 2 is 1.70 bits per heavy atom. The van der Waals surface area contributed by atoms with Crippen LogP contribution in [0.4, 0.5) is 14.9 Å². The van der Waals surface area contributed by atoms with Gasteiger partial charge in [-0.15, -0.1) is 0 Å². The van der Waals surface area contributed by atoms with Crippen LogP contribution in [0.15, 0.2) is 59.0 Å². The fourth-order valence-electron chi connectivity index (χ4n) is 13.1. The third-order valence-corrected chi connectivity index (χ3v) is 16.4. The second-order valence-corrected chi connectivity index (χ2v) is 20.4. The number of aliphatic hydroxyl groups excluding tert-OH is 1. The maximum atomic E-state index is 16.5. The molecule has 2 aromatic carbocycles. The highest BCUT2D eigenvalue weighted by Gasteiger charge is 2.70. The van der Waals surface area contributed by atoms with Crippen LogP contribution in [-0.2, 0) is 33.3 Å². The van der Waals surface area contributed by atoms with Crippen molar-refractivity contribution < 1.29 is 61.9 Å². The standard InChI is InChI=1S/C52H60FN3O13/c1-28-25-54(20-21-55(28)49(64)68-30(3)67-29(2)57)44-39(53)23-36-43(46(44)65-6)56(33-13-14-33)26-37(45(36)61)48(63)66-27-41(60)52(69-47(62)31-10-8-7-9-11-31)19-17-38-35-15-12-32-22-34(58)16-18-50(32,4)42(35)40(59)24-51(38,52)5/h7-11,22-23,26,28,30,33,35,38,40,42,59H,12-21,24-25,27H2,1-6H3/t28?,30?,35-,38-,40-,42+,50-,51-,52-/m1/s1. The number of hydrogen-bond acceptors (Lipinski definition) is 14. The van der Waals surface area contributed by atoms with E-state index in [9.17, 15) is 33.9 Å². The third-order valence-electron chi connectivity index (χ3n) is 16.4. The van der Waals surface area contributed by atoms with Crippen LogP contribution in [0.1, 0.15) is 119 Å². The van der Waals surface area contributed by atoms with Crippen molar-refractivity contribution in [2.75, 3.05) is 38.3 Å². The van der Waals surface area contributed by atoms with E-state index in [0.717, 1.165) is 11.6 Å². The molecule has 9 atom stereocenters. The number of pyridine rings is 1. The largest absolute Gasteiger partial charge is 0.492 e. The number of methoxy groups -OCH3 is 1. The minimum atomic E-state index is -1.81. The van der Waals surface area contributed by atoms with Gasteiger partial charge in [0.25, 0.3) is 0 Å². The first-order valence-electron chi connectivity index (χ1n) is 24.1. The molecule has 1 aromatic heterocycles. The van der Waals surface area contributed by atoms with Crippen molar-refractivity contribution in [1.29, 1.82) is 0 Å². The molecule has 2 heterocycles. The minimum Gasteiger partial charge on any atom is -0.492 e. The highest BCUT2D eigenvalue weighted by atomic mass is 19.1. The van der Waals surface area contributed by atoms with E-state index in [4.69, 9.17) is 23.7 Å². The number of ether oxygens (including phenoxy) is 5. The Morgan fingerprint density at radius 1 is 0.957 bits per heavy atom. The van der Waals surface area contributed by atoms with Gasteiger partial charge in [0.05, 0.1) is 29.7 Å². The molecule has 0 bridgehead atoms. The molecular weight excluding hydrogens is 894 g/mol. The fraction of sp³-hybridized carbons (Fsp3) is 0.558. The van der Waals surface area contributed by atoms with E-state index in [0.29, 0.717) is 44.9 Å². The summed E-state index contributed by atoms with van der Waals surface area (Å²) in [6.45, 7) is 8.00. The lowest BCUT2D eigenvalue weighted by Crippen LogP contribution is -2.63. The van der Waals surface area contributed by atoms with Crippen LogP contribution in [0.3, 0.4) is 0 Å². The lowest BCUT2D eigenvalue weighted by atomic mass is 9.45. The Hall–Kier alpha value is -6.10. The number of rotatable bonds is 11. The first-order chi connectivity index (χ1) is 32.8. The number of halogens is 1. The van der Waals surface area contributed by atoms with Crippen molar-refractivity contribution >= 4 is 52.2 Å². The van der Waals surface area contributed by atoms with E-state index < -0.39 is 88.1 Å². The van der Waals surface area contributed by atoms with Gasteiger partial charge in [-0.05, 0) is 106 Å². The Bertz CT molecular complexity index is 2720. The summed E-state index contributed by atoms with van der Waals surface area (Å²) in [6.07, 6.45) is 4.95. The summed E-state index contributed by atoms with van der Waals surface area (Å²) in [7, 11) is 1.36. The van der Waals surface area contributed by atoms with Gasteiger partial charge < -0.3 is 43.2 Å². The Morgan fingerprint density at radius 3 is 2.38 bits per heavy atom. The zero-order valence-corrected chi connectivity index (χ0v) is 39.9. The summed E-state index contributed by atoms with van der Waals surface area (Å²) in [5.41, 5.74) is -2.93. The van der Waals surface area contributed by atoms with Crippen LogP contribution in [0.25, 0.3) is 10.9 Å². The second-order valence-electron chi connectivity index (χ2n) is 20.4. The molecule has 9 rings (SSSR count). The van der Waals surface area contributed by atoms with Crippen LogP contribution in [0.5, 0.6) is 5.75 Å². The number of piperazine rings is 1. The number of anilines is 1. The first kappa shape index (κ1) is 47.9. The third kappa shape index (κ3) is 8.17. The summed E-state index contributed by atoms with van der Waals surface area (Å²) < 4.78 is 46.5. The van der Waals surface area contributed by atoms with Gasteiger partial charge in [0.15, 0.2) is 29.6 Å². The predicted octanol–water partition coefficient (Wildman–Crippen LogP) is 6.86. The highest BCUT2D eigenvalue weighted by molar-refractivity contribution is 6.00. The van der Waals surface area contributed by atoms with Crippen LogP contribution in [-0.4, -0.2) is 108 Å². The molecular formula is C52H60FN3O13. The number of aliphatic hydroxyl groups is 1. The summed E-state index contributed by atoms with van der Waals surface area (Å²) in [5.74, 6) is -4.15. The van der Waals surface area contributed by atoms with E-state index in [1.807, 2.05) is 6.92 Å². The van der Waals surface area contributed by atoms with Crippen molar-refractivity contribution in [2.24, 2.45) is 28.6 Å². The van der Waals surface area contributed by atoms with Gasteiger partial charge >= 0.3 is 24.0 Å². The molecule has 1 amide bonds. The normalized spacial score (nSPS) is 30.0. The van der Waals surface area contributed by atoms with Crippen LogP contribution in [0, 0.1) is 34.4 Å². The summed E-state index contributed by atoms with van der Waals surface area (Å²) in [6, 6.07) is 8.71. The monoisotopic (exact) mass is 953 g/mol. The summed E-state index contributed by atoms with van der Waals surface area (Å²) in [4.78, 5) is 97.6. The minimum absolute atomic E-state index is 0.0428. The molecule has 5 fully saturated rings. The van der Waals surface area contributed by atoms with Gasteiger partial charge in [-0.2, -0.15) is 0 Å². The molecule has 1 N–H and O–H groups in total. The maximum absolute atomic E-state index is 16.5. The van der Waals surface area contributed by atoms with Crippen molar-refractivity contribution in [3.05, 3.63) is 81.4 Å². The molecule has 0 spiro atoms. The zero-order valence-electron chi connectivity index (χ0n) is 39.9. The van der Waals surface area contributed by atoms with E-state index in [2.05, 4.69) is 6.92 Å². The predicted molar refractivity (Wildman–Crippen MR) is 247 cm³/mol. The summed E-state index contributed by atoms with van der Waals surface area (Å²) >= 11 is 0. The van der Waals surface area contributed by atoms with Crippen LogP contribution >= 0.6 is 0 Å². The number of amides is 1. The molecule has 2 unspecified atom stereocenters. The number of allylic oxidation sites excluding steroid dienone is 1. The molecule has 6 aliphatic rings. The lowest BCUT2D eigenvalue weighted by Gasteiger charge is -2.60. The number of hydrogen-bond donors (Lipinski definition) is 1. The van der Waals surface area contributed by atoms with Gasteiger partial charge in [-0.3, -0.25) is 19.2 Å². The lowest BCUT2D eigenvalue weighted by molar-refractivity contribution is -0.183. The highest BCUT2D eigenvalue weighted by Crippen LogP contribution is 2.68. The summed E-state index contributed by atoms with van der Waals surface area (Å²) in [5, 5.41) is 12.1. The Kier molecular flexibility index (Phi) is 12.5. The van der Waals surface area contributed by atoms with E-state index >= 15 is 9.18 Å². The molecule has 4 saturated carbocycles. The van der Waals surface area contributed by atoms with E-state index in [1.165, 1.54) is 32.1 Å². The first-order valence-corrected chi connectivity index (χ1v) is 24.1. The molecule has 69 heavy (non-hydrogen) atoms. The topological polar surface area (TPSA) is 197 Å². The molecule has 1 saturated heterocycles. The van der Waals surface area contributed by atoms with E-state index in [-0.39, 0.29) is 90.0 Å². The molecule has 5 aliphatic carbocycles. The SMILES string of the molecule is COc1c(N2CCN(C(=O)OC(C)OC(C)=O)C(C)C2)c(F)cc2c(=O)c(C(=O)OCC(=O)[C@]3(OC(=O)c4ccccc4)CC[C@@H]4[C@H]5CCC6=CC(=O)CC[C@@]6(C)[C@@H]5[C@H](O)C[C@]43C)cn(C3CC3)c12. The molecule has 16 nitrogen and oxygen atoms in total. The van der Waals surface area contributed by atoms with Crippen molar-refractivity contribution in [2.45, 2.75) is 122 Å². The molecule has 3 aromatic rings. The number of benzene rings is 2. The van der Waals surface area contributed by atoms with Gasteiger partial charge in [0.2, 0.25) is 17.5 Å². The van der Waals surface area contributed by atoms with Crippen molar-refractivity contribution in [1.82, 2.24) is 9.47 Å². The van der Waals surface area contributed by atoms with Crippen molar-refractivity contribution in [3.63, 3.8) is 0 Å². The molecule has 17 heteroatoms. The van der Waals surface area contributed by atoms with Gasteiger partial charge in [0.1, 0.15) is 11.3 Å². The molecule has 1 aliphatic heterocycles. The number of ketones is 2. The molecule has 368 valence electrons. The van der Waals surface area contributed by atoms with Crippen LogP contribution in [0.2, 0.25) is 0 Å². The second kappa shape index (κ2) is 18.0. The number of carbonyl (C=O) groups excluding carboxylic acids is 6. The number of esters is 3. The number of aromatic nitrogens is 1. The zero-order chi connectivity index (χ0) is 49.3. The number of fused-ring (bicyclic) bond motifs is 6. The number of Topliss-reactive ketones (excluding diaryl/α,β-unsaturated/α-hetero) is 1. The smallest absolute Gasteiger partial charge is 0.413 e. The van der Waals surface area contributed by atoms with Gasteiger partial charge in [-0.1, -0.05) is 37.6 Å². The number of nitrogens with zero attached hydrogens (tertiary/aromatic N) is 3. The Balaban J connectivity index is 0.997. The number of carbonyl (C=O) groups is 6. The van der Waals surface area contributed by atoms with Gasteiger partial charge in [-0.25, -0.2) is 18.8 Å². The average Bonchev–Trinajstić information content (AvgIpc) is 4.11. The average molecular weight is 954 g/mol. The molecule has 0 radical (unpaired) electrons. The Labute approximate surface area is 399 Å². The quantitative estimate of drug-likeness (QED) is 0.119. The van der Waals surface area contributed by atoms with Crippen LogP contribution < -0.4 is 15.1 Å².